The Morgan fingerprint density at radius 3 is 2.92 bits per heavy atom. The lowest BCUT2D eigenvalue weighted by Crippen LogP contribution is -1.95. The molecule has 0 radical (unpaired) electrons. The fraction of sp³-hybridized carbons (Fsp3) is 0.222. The average molecular weight is 179 g/mol. The SMILES string of the molecule is CC1=C(c2cccs2)C(=N)OC1. The Balaban J connectivity index is 2.47. The van der Waals surface area contributed by atoms with Gasteiger partial charge in [-0.15, -0.1) is 11.3 Å². The molecule has 62 valence electrons. The van der Waals surface area contributed by atoms with Gasteiger partial charge in [0.05, 0.1) is 5.57 Å². The maximum atomic E-state index is 7.54. The van der Waals surface area contributed by atoms with Gasteiger partial charge in [0, 0.05) is 4.88 Å². The van der Waals surface area contributed by atoms with E-state index in [-0.39, 0.29) is 0 Å². The van der Waals surface area contributed by atoms with Crippen LogP contribution in [0.3, 0.4) is 0 Å². The first-order chi connectivity index (χ1) is 5.79. The first kappa shape index (κ1) is 7.55. The van der Waals surface area contributed by atoms with Gasteiger partial charge in [-0.1, -0.05) is 6.07 Å². The standard InChI is InChI=1S/C9H9NOS/c1-6-5-11-9(10)8(6)7-3-2-4-12-7/h2-4,10H,5H2,1H3. The Labute approximate surface area is 75.0 Å². The van der Waals surface area contributed by atoms with Crippen molar-refractivity contribution in [3.05, 3.63) is 28.0 Å². The summed E-state index contributed by atoms with van der Waals surface area (Å²) >= 11 is 1.65. The lowest BCUT2D eigenvalue weighted by atomic mass is 10.1. The zero-order chi connectivity index (χ0) is 8.55. The third kappa shape index (κ3) is 1.06. The van der Waals surface area contributed by atoms with Crippen LogP contribution in [0.25, 0.3) is 5.57 Å². The van der Waals surface area contributed by atoms with E-state index in [1.807, 2.05) is 24.4 Å². The molecule has 0 unspecified atom stereocenters. The zero-order valence-electron chi connectivity index (χ0n) is 6.76. The molecule has 2 nitrogen and oxygen atoms in total. The number of rotatable bonds is 1. The summed E-state index contributed by atoms with van der Waals surface area (Å²) in [4.78, 5) is 1.13. The smallest absolute Gasteiger partial charge is 0.215 e. The normalized spacial score (nSPS) is 16.9. The second-order valence-corrected chi connectivity index (χ2v) is 3.70. The Kier molecular flexibility index (Phi) is 1.73. The largest absolute Gasteiger partial charge is 0.473 e. The highest BCUT2D eigenvalue weighted by Crippen LogP contribution is 2.28. The molecule has 0 aromatic carbocycles. The third-order valence-electron chi connectivity index (χ3n) is 1.85. The Bertz CT molecular complexity index is 337. The maximum absolute atomic E-state index is 7.54. The van der Waals surface area contributed by atoms with Gasteiger partial charge in [-0.25, -0.2) is 0 Å². The molecule has 0 saturated heterocycles. The van der Waals surface area contributed by atoms with E-state index in [0.29, 0.717) is 12.5 Å². The van der Waals surface area contributed by atoms with Crippen molar-refractivity contribution in [3.8, 4) is 0 Å². The molecule has 2 rings (SSSR count). The second kappa shape index (κ2) is 2.75. The van der Waals surface area contributed by atoms with E-state index in [4.69, 9.17) is 10.1 Å². The molecule has 0 fully saturated rings. The molecule has 12 heavy (non-hydrogen) atoms. The molecule has 1 aromatic heterocycles. The fourth-order valence-electron chi connectivity index (χ4n) is 1.26. The molecule has 1 N–H and O–H groups in total. The highest BCUT2D eigenvalue weighted by atomic mass is 32.1. The minimum absolute atomic E-state index is 0.315. The molecule has 0 bridgehead atoms. The number of hydrogen-bond donors (Lipinski definition) is 1. The van der Waals surface area contributed by atoms with Crippen LogP contribution in [0.5, 0.6) is 0 Å². The summed E-state index contributed by atoms with van der Waals surface area (Å²) in [7, 11) is 0. The Morgan fingerprint density at radius 2 is 2.42 bits per heavy atom. The van der Waals surface area contributed by atoms with Crippen LogP contribution in [0.15, 0.2) is 23.1 Å². The van der Waals surface area contributed by atoms with E-state index in [1.165, 1.54) is 0 Å². The summed E-state index contributed by atoms with van der Waals surface area (Å²) < 4.78 is 5.12. The quantitative estimate of drug-likeness (QED) is 0.706. The van der Waals surface area contributed by atoms with Crippen molar-refractivity contribution in [2.45, 2.75) is 6.92 Å². The van der Waals surface area contributed by atoms with Crippen LogP contribution in [0, 0.1) is 5.41 Å². The monoisotopic (exact) mass is 179 g/mol. The average Bonchev–Trinajstić information content (AvgIpc) is 2.61. The minimum Gasteiger partial charge on any atom is -0.473 e. The van der Waals surface area contributed by atoms with Crippen LogP contribution in [0.2, 0.25) is 0 Å². The van der Waals surface area contributed by atoms with Gasteiger partial charge in [-0.2, -0.15) is 0 Å². The van der Waals surface area contributed by atoms with Crippen LogP contribution in [-0.4, -0.2) is 12.5 Å². The number of hydrogen-bond acceptors (Lipinski definition) is 3. The molecular weight excluding hydrogens is 170 g/mol. The minimum atomic E-state index is 0.315. The van der Waals surface area contributed by atoms with Crippen molar-refractivity contribution in [1.29, 1.82) is 5.41 Å². The lowest BCUT2D eigenvalue weighted by molar-refractivity contribution is 0.356. The molecule has 0 atom stereocenters. The fourth-order valence-corrected chi connectivity index (χ4v) is 2.11. The molecule has 0 amide bonds. The van der Waals surface area contributed by atoms with Crippen molar-refractivity contribution >= 4 is 22.8 Å². The van der Waals surface area contributed by atoms with Gasteiger partial charge in [0.25, 0.3) is 0 Å². The summed E-state index contributed by atoms with van der Waals surface area (Å²) in [6, 6.07) is 4.01. The van der Waals surface area contributed by atoms with Crippen molar-refractivity contribution in [3.63, 3.8) is 0 Å². The third-order valence-corrected chi connectivity index (χ3v) is 2.74. The van der Waals surface area contributed by atoms with Crippen molar-refractivity contribution in [2.75, 3.05) is 6.61 Å². The number of nitrogens with one attached hydrogen (secondary N) is 1. The highest BCUT2D eigenvalue weighted by molar-refractivity contribution is 7.11. The summed E-state index contributed by atoms with van der Waals surface area (Å²) in [5, 5.41) is 9.55. The van der Waals surface area contributed by atoms with E-state index in [0.717, 1.165) is 16.0 Å². The lowest BCUT2D eigenvalue weighted by Gasteiger charge is -1.97. The van der Waals surface area contributed by atoms with E-state index < -0.39 is 0 Å². The maximum Gasteiger partial charge on any atom is 0.215 e. The molecule has 0 spiro atoms. The predicted molar refractivity (Wildman–Crippen MR) is 50.6 cm³/mol. The van der Waals surface area contributed by atoms with Crippen LogP contribution in [0.1, 0.15) is 11.8 Å². The molecule has 3 heteroatoms. The number of thiophene rings is 1. The van der Waals surface area contributed by atoms with Gasteiger partial charge in [0.1, 0.15) is 6.61 Å². The second-order valence-electron chi connectivity index (χ2n) is 2.75. The first-order valence-corrected chi connectivity index (χ1v) is 4.62. The molecule has 0 saturated carbocycles. The molecular formula is C9H9NOS. The van der Waals surface area contributed by atoms with E-state index >= 15 is 0 Å². The molecule has 1 aromatic rings. The van der Waals surface area contributed by atoms with Gasteiger partial charge >= 0.3 is 0 Å². The molecule has 1 aliphatic rings. The van der Waals surface area contributed by atoms with Gasteiger partial charge in [-0.3, -0.25) is 5.41 Å². The van der Waals surface area contributed by atoms with E-state index in [9.17, 15) is 0 Å². The molecule has 0 aliphatic carbocycles. The Hall–Kier alpha value is -1.09. The molecule has 2 heterocycles. The van der Waals surface area contributed by atoms with Crippen LogP contribution in [-0.2, 0) is 4.74 Å². The van der Waals surface area contributed by atoms with Gasteiger partial charge in [-0.05, 0) is 23.9 Å². The van der Waals surface area contributed by atoms with E-state index in [1.54, 1.807) is 11.3 Å². The van der Waals surface area contributed by atoms with Crippen LogP contribution < -0.4 is 0 Å². The summed E-state index contributed by atoms with van der Waals surface area (Å²) in [6.45, 7) is 2.59. The van der Waals surface area contributed by atoms with Crippen molar-refractivity contribution in [1.82, 2.24) is 0 Å². The van der Waals surface area contributed by atoms with Crippen LogP contribution in [0.4, 0.5) is 0 Å². The number of ether oxygens (including phenoxy) is 1. The summed E-state index contributed by atoms with van der Waals surface area (Å²) in [5.41, 5.74) is 2.13. The van der Waals surface area contributed by atoms with Crippen molar-refractivity contribution in [2.24, 2.45) is 0 Å². The molecule has 1 aliphatic heterocycles. The topological polar surface area (TPSA) is 33.1 Å². The highest BCUT2D eigenvalue weighted by Gasteiger charge is 2.20. The summed E-state index contributed by atoms with van der Waals surface area (Å²) in [6.07, 6.45) is 0. The van der Waals surface area contributed by atoms with Crippen LogP contribution >= 0.6 is 11.3 Å². The predicted octanol–water partition coefficient (Wildman–Crippen LogP) is 2.53. The zero-order valence-corrected chi connectivity index (χ0v) is 7.57. The Morgan fingerprint density at radius 1 is 1.58 bits per heavy atom. The van der Waals surface area contributed by atoms with Crippen molar-refractivity contribution < 1.29 is 4.74 Å². The van der Waals surface area contributed by atoms with E-state index in [2.05, 4.69) is 0 Å². The van der Waals surface area contributed by atoms with Gasteiger partial charge in [0.2, 0.25) is 5.90 Å². The van der Waals surface area contributed by atoms with Gasteiger partial charge < -0.3 is 4.74 Å². The van der Waals surface area contributed by atoms with Gasteiger partial charge in [0.15, 0.2) is 0 Å². The first-order valence-electron chi connectivity index (χ1n) is 3.74. The summed E-state index contributed by atoms with van der Waals surface area (Å²) in [5.74, 6) is 0.315.